The topological polar surface area (TPSA) is 40.7 Å². The molecule has 0 saturated carbocycles. The Bertz CT molecular complexity index is 502. The summed E-state index contributed by atoms with van der Waals surface area (Å²) in [7, 11) is 0. The quantitative estimate of drug-likeness (QED) is 0.837. The van der Waals surface area contributed by atoms with Crippen molar-refractivity contribution in [2.24, 2.45) is 0 Å². The van der Waals surface area contributed by atoms with Gasteiger partial charge in [0.25, 0.3) is 0 Å². The molecular formula is C12H12ClN3. The second-order valence-electron chi connectivity index (χ2n) is 4.02. The van der Waals surface area contributed by atoms with E-state index in [4.69, 9.17) is 11.6 Å². The second-order valence-corrected chi connectivity index (χ2v) is 4.43. The molecule has 0 bridgehead atoms. The zero-order valence-corrected chi connectivity index (χ0v) is 9.46. The lowest BCUT2D eigenvalue weighted by Crippen LogP contribution is -2.40. The number of aromatic nitrogens is 2. The number of hydrogen-bond donors (Lipinski definition) is 2. The van der Waals surface area contributed by atoms with Gasteiger partial charge >= 0.3 is 0 Å². The highest BCUT2D eigenvalue weighted by molar-refractivity contribution is 6.33. The predicted molar refractivity (Wildman–Crippen MR) is 64.6 cm³/mol. The van der Waals surface area contributed by atoms with Gasteiger partial charge in [-0.15, -0.1) is 0 Å². The first-order valence-electron chi connectivity index (χ1n) is 5.35. The van der Waals surface area contributed by atoms with Crippen LogP contribution in [0.1, 0.15) is 11.6 Å². The average Bonchev–Trinajstić information content (AvgIpc) is 2.65. The number of nitrogens with one attached hydrogen (secondary N) is 2. The Morgan fingerprint density at radius 2 is 2.06 bits per heavy atom. The molecule has 1 aliphatic heterocycles. The number of H-pyrrole nitrogens is 1. The first kappa shape index (κ1) is 9.87. The summed E-state index contributed by atoms with van der Waals surface area (Å²) in [6, 6.07) is 7.74. The molecule has 1 aromatic heterocycles. The largest absolute Gasteiger partial charge is 0.341 e. The number of halogens is 1. The summed E-state index contributed by atoms with van der Waals surface area (Å²) in [4.78, 5) is 7.72. The highest BCUT2D eigenvalue weighted by Crippen LogP contribution is 2.27. The van der Waals surface area contributed by atoms with E-state index in [-0.39, 0.29) is 0 Å². The van der Waals surface area contributed by atoms with Crippen molar-refractivity contribution in [3.63, 3.8) is 0 Å². The molecule has 1 fully saturated rings. The molecule has 82 valence electrons. The van der Waals surface area contributed by atoms with E-state index < -0.39 is 0 Å². The zero-order valence-electron chi connectivity index (χ0n) is 8.70. The van der Waals surface area contributed by atoms with Crippen LogP contribution in [0.3, 0.4) is 0 Å². The van der Waals surface area contributed by atoms with E-state index in [1.165, 1.54) is 5.69 Å². The number of rotatable bonds is 2. The van der Waals surface area contributed by atoms with E-state index in [0.29, 0.717) is 5.92 Å². The predicted octanol–water partition coefficient (Wildman–Crippen LogP) is 2.42. The first-order chi connectivity index (χ1) is 7.84. The smallest absolute Gasteiger partial charge is 0.138 e. The molecule has 0 radical (unpaired) electrons. The first-order valence-corrected chi connectivity index (χ1v) is 5.73. The normalized spacial score (nSPS) is 16.1. The molecule has 2 aromatic rings. The number of benzene rings is 1. The number of imidazole rings is 1. The van der Waals surface area contributed by atoms with Gasteiger partial charge in [-0.25, -0.2) is 4.98 Å². The van der Waals surface area contributed by atoms with E-state index in [9.17, 15) is 0 Å². The fraction of sp³-hybridized carbons (Fsp3) is 0.250. The van der Waals surface area contributed by atoms with Gasteiger partial charge in [-0.2, -0.15) is 0 Å². The maximum Gasteiger partial charge on any atom is 0.138 e. The molecule has 4 heteroatoms. The molecular weight excluding hydrogens is 222 g/mol. The van der Waals surface area contributed by atoms with Gasteiger partial charge in [-0.05, 0) is 12.1 Å². The van der Waals surface area contributed by atoms with Crippen molar-refractivity contribution >= 4 is 11.6 Å². The summed E-state index contributed by atoms with van der Waals surface area (Å²) >= 11 is 6.12. The van der Waals surface area contributed by atoms with Crippen LogP contribution in [0.2, 0.25) is 5.02 Å². The van der Waals surface area contributed by atoms with Crippen LogP contribution in [0.5, 0.6) is 0 Å². The molecule has 0 aliphatic carbocycles. The van der Waals surface area contributed by atoms with Gasteiger partial charge in [-0.1, -0.05) is 23.7 Å². The Morgan fingerprint density at radius 3 is 2.75 bits per heavy atom. The van der Waals surface area contributed by atoms with Crippen molar-refractivity contribution in [2.75, 3.05) is 13.1 Å². The van der Waals surface area contributed by atoms with Crippen LogP contribution in [0.25, 0.3) is 11.4 Å². The van der Waals surface area contributed by atoms with Gasteiger partial charge in [-0.3, -0.25) is 0 Å². The Balaban J connectivity index is 1.95. The fourth-order valence-corrected chi connectivity index (χ4v) is 2.07. The van der Waals surface area contributed by atoms with E-state index >= 15 is 0 Å². The molecule has 0 amide bonds. The standard InChI is InChI=1S/C12H12ClN3/c13-10-4-2-1-3-9(10)12-15-7-11(16-12)8-5-14-6-8/h1-4,7-8,14H,5-6H2,(H,15,16). The Labute approximate surface area is 98.9 Å². The minimum Gasteiger partial charge on any atom is -0.341 e. The number of hydrogen-bond acceptors (Lipinski definition) is 2. The van der Waals surface area contributed by atoms with E-state index in [0.717, 1.165) is 29.5 Å². The van der Waals surface area contributed by atoms with Gasteiger partial charge in [0.15, 0.2) is 0 Å². The molecule has 1 aromatic carbocycles. The zero-order chi connectivity index (χ0) is 11.0. The van der Waals surface area contributed by atoms with Gasteiger partial charge < -0.3 is 10.3 Å². The van der Waals surface area contributed by atoms with E-state index in [1.807, 2.05) is 30.5 Å². The maximum absolute atomic E-state index is 6.12. The van der Waals surface area contributed by atoms with Crippen molar-refractivity contribution in [3.8, 4) is 11.4 Å². The number of nitrogens with zero attached hydrogens (tertiary/aromatic N) is 1. The average molecular weight is 234 g/mol. The van der Waals surface area contributed by atoms with Crippen molar-refractivity contribution in [2.45, 2.75) is 5.92 Å². The summed E-state index contributed by atoms with van der Waals surface area (Å²) in [5.41, 5.74) is 2.15. The second kappa shape index (κ2) is 3.92. The maximum atomic E-state index is 6.12. The monoisotopic (exact) mass is 233 g/mol. The molecule has 3 nitrogen and oxygen atoms in total. The van der Waals surface area contributed by atoms with Crippen molar-refractivity contribution in [1.82, 2.24) is 15.3 Å². The van der Waals surface area contributed by atoms with Crippen molar-refractivity contribution in [1.29, 1.82) is 0 Å². The van der Waals surface area contributed by atoms with Gasteiger partial charge in [0.2, 0.25) is 0 Å². The van der Waals surface area contributed by atoms with Crippen LogP contribution < -0.4 is 5.32 Å². The SMILES string of the molecule is Clc1ccccc1-c1ncc(C2CNC2)[nH]1. The van der Waals surface area contributed by atoms with Gasteiger partial charge in [0.1, 0.15) is 5.82 Å². The van der Waals surface area contributed by atoms with Crippen molar-refractivity contribution < 1.29 is 0 Å². The minimum atomic E-state index is 0.573. The van der Waals surface area contributed by atoms with Gasteiger partial charge in [0, 0.05) is 36.5 Å². The molecule has 0 unspecified atom stereocenters. The third kappa shape index (κ3) is 1.62. The van der Waals surface area contributed by atoms with Crippen LogP contribution in [-0.4, -0.2) is 23.1 Å². The molecule has 0 spiro atoms. The lowest BCUT2D eigenvalue weighted by molar-refractivity contribution is 0.441. The molecule has 1 saturated heterocycles. The molecule has 2 heterocycles. The van der Waals surface area contributed by atoms with Gasteiger partial charge in [0.05, 0.1) is 5.02 Å². The van der Waals surface area contributed by atoms with E-state index in [1.54, 1.807) is 0 Å². The molecule has 2 N–H and O–H groups in total. The molecule has 1 aliphatic rings. The number of aromatic amines is 1. The van der Waals surface area contributed by atoms with Crippen LogP contribution in [-0.2, 0) is 0 Å². The molecule has 16 heavy (non-hydrogen) atoms. The van der Waals surface area contributed by atoms with Crippen LogP contribution >= 0.6 is 11.6 Å². The molecule has 3 rings (SSSR count). The van der Waals surface area contributed by atoms with Crippen LogP contribution in [0.15, 0.2) is 30.5 Å². The van der Waals surface area contributed by atoms with Crippen LogP contribution in [0.4, 0.5) is 0 Å². The van der Waals surface area contributed by atoms with E-state index in [2.05, 4.69) is 15.3 Å². The lowest BCUT2D eigenvalue weighted by Gasteiger charge is -2.25. The third-order valence-electron chi connectivity index (χ3n) is 2.95. The third-order valence-corrected chi connectivity index (χ3v) is 3.28. The summed E-state index contributed by atoms with van der Waals surface area (Å²) in [5.74, 6) is 1.43. The summed E-state index contributed by atoms with van der Waals surface area (Å²) in [6.07, 6.45) is 1.91. The lowest BCUT2D eigenvalue weighted by atomic mass is 10.0. The summed E-state index contributed by atoms with van der Waals surface area (Å²) in [6.45, 7) is 2.06. The van der Waals surface area contributed by atoms with Crippen molar-refractivity contribution in [3.05, 3.63) is 41.2 Å². The minimum absolute atomic E-state index is 0.573. The summed E-state index contributed by atoms with van der Waals surface area (Å²) < 4.78 is 0. The molecule has 0 atom stereocenters. The highest BCUT2D eigenvalue weighted by Gasteiger charge is 2.21. The Hall–Kier alpha value is -1.32. The highest BCUT2D eigenvalue weighted by atomic mass is 35.5. The van der Waals surface area contributed by atoms with Crippen LogP contribution in [0, 0.1) is 0 Å². The summed E-state index contributed by atoms with van der Waals surface area (Å²) in [5, 5.41) is 3.98. The fourth-order valence-electron chi connectivity index (χ4n) is 1.84. The Kier molecular flexibility index (Phi) is 2.42. The Morgan fingerprint density at radius 1 is 1.25 bits per heavy atom.